The molecule has 0 aliphatic rings. The van der Waals surface area contributed by atoms with E-state index in [1.54, 1.807) is 23.5 Å². The molecule has 2 aromatic rings. The van der Waals surface area contributed by atoms with E-state index in [1.165, 1.54) is 6.07 Å². The van der Waals surface area contributed by atoms with Crippen molar-refractivity contribution in [3.8, 4) is 0 Å². The Labute approximate surface area is 121 Å². The molecule has 102 valence electrons. The summed E-state index contributed by atoms with van der Waals surface area (Å²) in [7, 11) is 0. The zero-order chi connectivity index (χ0) is 14.0. The number of benzene rings is 1. The minimum atomic E-state index is -0.412. The van der Waals surface area contributed by atoms with E-state index in [0.717, 1.165) is 9.88 Å². The molecule has 0 unspecified atom stereocenters. The highest BCUT2D eigenvalue weighted by Crippen LogP contribution is 2.28. The van der Waals surface area contributed by atoms with Gasteiger partial charge in [0.1, 0.15) is 0 Å². The molecular formula is C14H16ClFN2S. The molecule has 0 fully saturated rings. The van der Waals surface area contributed by atoms with Crippen LogP contribution < -0.4 is 5.32 Å². The molecule has 0 spiro atoms. The molecule has 1 N–H and O–H groups in total. The van der Waals surface area contributed by atoms with Crippen LogP contribution in [0.2, 0.25) is 5.02 Å². The standard InChI is InChI=1S/C14H16ClFN2S/c1-14(2,3)13-18-8-9(19-13)7-17-11-6-4-5-10(15)12(11)16/h4-6,8,17H,7H2,1-3H3. The molecule has 1 aromatic carbocycles. The normalized spacial score (nSPS) is 11.6. The van der Waals surface area contributed by atoms with Gasteiger partial charge in [-0.2, -0.15) is 0 Å². The van der Waals surface area contributed by atoms with E-state index in [0.29, 0.717) is 12.2 Å². The van der Waals surface area contributed by atoms with Crippen molar-refractivity contribution in [2.45, 2.75) is 32.7 Å². The van der Waals surface area contributed by atoms with Crippen LogP contribution in [0.25, 0.3) is 0 Å². The molecular weight excluding hydrogens is 283 g/mol. The molecule has 2 nitrogen and oxygen atoms in total. The third kappa shape index (κ3) is 3.45. The summed E-state index contributed by atoms with van der Waals surface area (Å²) < 4.78 is 13.7. The topological polar surface area (TPSA) is 24.9 Å². The third-order valence-electron chi connectivity index (χ3n) is 2.60. The number of nitrogens with one attached hydrogen (secondary N) is 1. The van der Waals surface area contributed by atoms with Crippen LogP contribution in [0.4, 0.5) is 10.1 Å². The quantitative estimate of drug-likeness (QED) is 0.876. The number of rotatable bonds is 3. The van der Waals surface area contributed by atoms with Gasteiger partial charge >= 0.3 is 0 Å². The SMILES string of the molecule is CC(C)(C)c1ncc(CNc2cccc(Cl)c2F)s1. The van der Waals surface area contributed by atoms with Crippen molar-refractivity contribution in [3.05, 3.63) is 45.1 Å². The second kappa shape index (κ2) is 5.47. The van der Waals surface area contributed by atoms with Gasteiger partial charge in [-0.25, -0.2) is 9.37 Å². The van der Waals surface area contributed by atoms with Gasteiger partial charge < -0.3 is 5.32 Å². The minimum absolute atomic E-state index is 0.0459. The van der Waals surface area contributed by atoms with Gasteiger partial charge in [0.2, 0.25) is 0 Å². The maximum absolute atomic E-state index is 13.7. The van der Waals surface area contributed by atoms with E-state index in [-0.39, 0.29) is 10.4 Å². The van der Waals surface area contributed by atoms with Gasteiger partial charge in [-0.15, -0.1) is 11.3 Å². The van der Waals surface area contributed by atoms with Gasteiger partial charge in [0, 0.05) is 16.5 Å². The van der Waals surface area contributed by atoms with E-state index < -0.39 is 5.82 Å². The number of thiazole rings is 1. The summed E-state index contributed by atoms with van der Waals surface area (Å²) in [6.07, 6.45) is 1.83. The van der Waals surface area contributed by atoms with Gasteiger partial charge in [0.05, 0.1) is 22.3 Å². The van der Waals surface area contributed by atoms with Gasteiger partial charge in [0.15, 0.2) is 5.82 Å². The monoisotopic (exact) mass is 298 g/mol. The smallest absolute Gasteiger partial charge is 0.164 e. The van der Waals surface area contributed by atoms with Crippen LogP contribution in [-0.4, -0.2) is 4.98 Å². The summed E-state index contributed by atoms with van der Waals surface area (Å²) in [5.74, 6) is -0.412. The number of anilines is 1. The second-order valence-electron chi connectivity index (χ2n) is 5.34. The molecule has 0 bridgehead atoms. The van der Waals surface area contributed by atoms with E-state index in [9.17, 15) is 4.39 Å². The summed E-state index contributed by atoms with van der Waals surface area (Å²) in [6, 6.07) is 4.93. The third-order valence-corrected chi connectivity index (χ3v) is 4.31. The molecule has 5 heteroatoms. The Morgan fingerprint density at radius 1 is 1.37 bits per heavy atom. The lowest BCUT2D eigenvalue weighted by molar-refractivity contribution is 0.585. The van der Waals surface area contributed by atoms with Crippen molar-refractivity contribution in [1.29, 1.82) is 0 Å². The number of hydrogen-bond acceptors (Lipinski definition) is 3. The van der Waals surface area contributed by atoms with Crippen molar-refractivity contribution in [2.24, 2.45) is 0 Å². The lowest BCUT2D eigenvalue weighted by Crippen LogP contribution is -2.09. The molecule has 19 heavy (non-hydrogen) atoms. The summed E-state index contributed by atoms with van der Waals surface area (Å²) in [4.78, 5) is 5.47. The fourth-order valence-electron chi connectivity index (χ4n) is 1.56. The molecule has 0 atom stereocenters. The van der Waals surface area contributed by atoms with Crippen LogP contribution in [0.5, 0.6) is 0 Å². The Balaban J connectivity index is 2.07. The first-order valence-corrected chi connectivity index (χ1v) is 7.20. The molecule has 1 heterocycles. The molecule has 0 amide bonds. The van der Waals surface area contributed by atoms with Crippen LogP contribution >= 0.6 is 22.9 Å². The Bertz CT molecular complexity index is 575. The highest BCUT2D eigenvalue weighted by Gasteiger charge is 2.18. The molecule has 0 saturated carbocycles. The zero-order valence-corrected chi connectivity index (χ0v) is 12.7. The first kappa shape index (κ1) is 14.3. The summed E-state index contributed by atoms with van der Waals surface area (Å²) in [6.45, 7) is 6.92. The highest BCUT2D eigenvalue weighted by atomic mass is 35.5. The van der Waals surface area contributed by atoms with E-state index >= 15 is 0 Å². The number of halogens is 2. The van der Waals surface area contributed by atoms with Gasteiger partial charge in [0.25, 0.3) is 0 Å². The predicted octanol–water partition coefficient (Wildman–Crippen LogP) is 4.85. The van der Waals surface area contributed by atoms with E-state index in [1.807, 2.05) is 6.20 Å². The lowest BCUT2D eigenvalue weighted by atomic mass is 9.98. The highest BCUT2D eigenvalue weighted by molar-refractivity contribution is 7.11. The fourth-order valence-corrected chi connectivity index (χ4v) is 2.64. The van der Waals surface area contributed by atoms with Crippen molar-refractivity contribution < 1.29 is 4.39 Å². The van der Waals surface area contributed by atoms with Crippen molar-refractivity contribution in [2.75, 3.05) is 5.32 Å². The molecule has 1 aromatic heterocycles. The zero-order valence-electron chi connectivity index (χ0n) is 11.1. The van der Waals surface area contributed by atoms with Crippen molar-refractivity contribution >= 4 is 28.6 Å². The Morgan fingerprint density at radius 2 is 2.11 bits per heavy atom. The predicted molar refractivity (Wildman–Crippen MR) is 79.6 cm³/mol. The average Bonchev–Trinajstić information content (AvgIpc) is 2.79. The van der Waals surface area contributed by atoms with Crippen LogP contribution in [0, 0.1) is 5.82 Å². The van der Waals surface area contributed by atoms with Gasteiger partial charge in [-0.05, 0) is 12.1 Å². The average molecular weight is 299 g/mol. The second-order valence-corrected chi connectivity index (χ2v) is 6.86. The lowest BCUT2D eigenvalue weighted by Gasteiger charge is -2.13. The summed E-state index contributed by atoms with van der Waals surface area (Å²) in [5.41, 5.74) is 0.461. The Morgan fingerprint density at radius 3 is 2.74 bits per heavy atom. The van der Waals surface area contributed by atoms with Crippen LogP contribution in [0.1, 0.15) is 30.7 Å². The Kier molecular flexibility index (Phi) is 4.11. The summed E-state index contributed by atoms with van der Waals surface area (Å²) >= 11 is 7.37. The van der Waals surface area contributed by atoms with E-state index in [4.69, 9.17) is 11.6 Å². The van der Waals surface area contributed by atoms with Gasteiger partial charge in [-0.1, -0.05) is 38.4 Å². The number of hydrogen-bond donors (Lipinski definition) is 1. The molecule has 0 saturated heterocycles. The molecule has 0 aliphatic carbocycles. The Hall–Kier alpha value is -1.13. The minimum Gasteiger partial charge on any atom is -0.378 e. The first-order valence-electron chi connectivity index (χ1n) is 6.01. The van der Waals surface area contributed by atoms with Crippen molar-refractivity contribution in [3.63, 3.8) is 0 Å². The van der Waals surface area contributed by atoms with Crippen LogP contribution in [0.15, 0.2) is 24.4 Å². The number of nitrogens with zero attached hydrogens (tertiary/aromatic N) is 1. The molecule has 0 aliphatic heterocycles. The van der Waals surface area contributed by atoms with Crippen LogP contribution in [0.3, 0.4) is 0 Å². The number of aromatic nitrogens is 1. The van der Waals surface area contributed by atoms with Crippen LogP contribution in [-0.2, 0) is 12.0 Å². The van der Waals surface area contributed by atoms with E-state index in [2.05, 4.69) is 31.1 Å². The maximum Gasteiger partial charge on any atom is 0.164 e. The molecule has 0 radical (unpaired) electrons. The van der Waals surface area contributed by atoms with Crippen molar-refractivity contribution in [1.82, 2.24) is 4.98 Å². The fraction of sp³-hybridized carbons (Fsp3) is 0.357. The maximum atomic E-state index is 13.7. The largest absolute Gasteiger partial charge is 0.378 e. The summed E-state index contributed by atoms with van der Waals surface area (Å²) in [5, 5.41) is 4.25. The van der Waals surface area contributed by atoms with Gasteiger partial charge in [-0.3, -0.25) is 0 Å². The molecule has 2 rings (SSSR count). The first-order chi connectivity index (χ1) is 8.88.